The predicted octanol–water partition coefficient (Wildman–Crippen LogP) is -0.375. The van der Waals surface area contributed by atoms with E-state index in [2.05, 4.69) is 4.74 Å². The van der Waals surface area contributed by atoms with Crippen molar-refractivity contribution in [3.63, 3.8) is 0 Å². The van der Waals surface area contributed by atoms with Crippen molar-refractivity contribution in [3.8, 4) is 0 Å². The molecule has 5 heavy (non-hydrogen) atoms. The minimum absolute atomic E-state index is 3.08. The second-order valence-corrected chi connectivity index (χ2v) is 0.316. The van der Waals surface area contributed by atoms with E-state index in [1.165, 1.54) is 0 Å². The summed E-state index contributed by atoms with van der Waals surface area (Å²) in [6.07, 6.45) is 0. The summed E-state index contributed by atoms with van der Waals surface area (Å²) in [5.41, 5.74) is 0. The normalized spacial score (nSPS) is 37.4. The Morgan fingerprint density at radius 2 is 3.20 bits per heavy atom. The van der Waals surface area contributed by atoms with E-state index in [1.54, 1.807) is 0 Å². The van der Waals surface area contributed by atoms with E-state index in [1.807, 2.05) is 0 Å². The third-order valence-electron chi connectivity index (χ3n) is 0.0967. The molecular formula is C3H8O2. The van der Waals surface area contributed by atoms with Gasteiger partial charge in [-0.1, -0.05) is 0 Å². The molecule has 0 rings (SSSR count). The molecule has 2 heteroatoms. The zero-order chi connectivity index (χ0) is 10.2. The Balaban J connectivity index is 4.44. The van der Waals surface area contributed by atoms with Gasteiger partial charge < -0.3 is 9.84 Å². The van der Waals surface area contributed by atoms with Gasteiger partial charge in [0, 0.05) is 7.04 Å². The summed E-state index contributed by atoms with van der Waals surface area (Å²) in [4.78, 5) is 0. The molecule has 0 atom stereocenters. The highest BCUT2D eigenvalue weighted by Crippen LogP contribution is 1.56. The first kappa shape index (κ1) is 0.634. The maximum absolute atomic E-state index is 8.49. The van der Waals surface area contributed by atoms with Crippen molar-refractivity contribution in [2.45, 2.75) is 0 Å². The topological polar surface area (TPSA) is 29.5 Å². The highest BCUT2D eigenvalue weighted by atomic mass is 16.5. The third-order valence-corrected chi connectivity index (χ3v) is 0.0967. The van der Waals surface area contributed by atoms with Gasteiger partial charge in [-0.2, -0.15) is 0 Å². The summed E-state index contributed by atoms with van der Waals surface area (Å²) in [6.45, 7) is -6.60. The van der Waals surface area contributed by atoms with Crippen LogP contribution in [0.4, 0.5) is 0 Å². The van der Waals surface area contributed by atoms with Crippen LogP contribution in [0.2, 0.25) is 0 Å². The lowest BCUT2D eigenvalue weighted by molar-refractivity contribution is 0.135. The largest absolute Gasteiger partial charge is 0.394 e. The number of hydrogen-bond acceptors (Lipinski definition) is 2. The Morgan fingerprint density at radius 1 is 2.40 bits per heavy atom. The van der Waals surface area contributed by atoms with Gasteiger partial charge in [0.2, 0.25) is 0 Å². The molecule has 0 aromatic heterocycles. The lowest BCUT2D eigenvalue weighted by atomic mass is 10.8. The van der Waals surface area contributed by atoms with Crippen molar-refractivity contribution < 1.29 is 19.4 Å². The van der Waals surface area contributed by atoms with E-state index in [9.17, 15) is 0 Å². The molecule has 0 saturated heterocycles. The van der Waals surface area contributed by atoms with Gasteiger partial charge in [-0.25, -0.2) is 0 Å². The fourth-order valence-corrected chi connectivity index (χ4v) is 0.0228. The van der Waals surface area contributed by atoms with Gasteiger partial charge in [0.1, 0.15) is 0 Å². The van der Waals surface area contributed by atoms with Crippen LogP contribution >= 0.6 is 0 Å². The van der Waals surface area contributed by atoms with Crippen molar-refractivity contribution in [1.82, 2.24) is 0 Å². The Bertz CT molecular complexity index is 155. The second-order valence-electron chi connectivity index (χ2n) is 0.316. The Morgan fingerprint density at radius 3 is 3.40 bits per heavy atom. The summed E-state index contributed by atoms with van der Waals surface area (Å²) >= 11 is 0. The molecule has 0 aliphatic rings. The standard InChI is InChI=1S/C3H8O2/c1-5-3-2-4/h4H,2-3H2,1H3/i1D3,2D2,3D2. The highest BCUT2D eigenvalue weighted by molar-refractivity contribution is 4.12. The Kier molecular flexibility index (Phi) is 0.497. The van der Waals surface area contributed by atoms with E-state index in [-0.39, 0.29) is 0 Å². The minimum Gasteiger partial charge on any atom is -0.394 e. The average molecular weight is 83.1 g/mol. The molecule has 0 bridgehead atoms. The van der Waals surface area contributed by atoms with Crippen LogP contribution in [0.15, 0.2) is 0 Å². The van der Waals surface area contributed by atoms with Crippen LogP contribution in [0.3, 0.4) is 0 Å². The van der Waals surface area contributed by atoms with Crippen molar-refractivity contribution in [1.29, 1.82) is 0 Å². The molecule has 0 aromatic carbocycles. The number of methoxy groups -OCH3 is 1. The number of aliphatic hydroxyl groups is 1. The first-order valence-corrected chi connectivity index (χ1v) is 0.882. The molecule has 1 N–H and O–H groups in total. The quantitative estimate of drug-likeness (QED) is 0.493. The monoisotopic (exact) mass is 83.1 g/mol. The summed E-state index contributed by atoms with van der Waals surface area (Å²) < 4.78 is 49.4. The third kappa shape index (κ3) is 3.92. The maximum atomic E-state index is 8.49. The van der Waals surface area contributed by atoms with E-state index < -0.39 is 20.2 Å². The molecule has 0 amide bonds. The molecule has 0 radical (unpaired) electrons. The van der Waals surface area contributed by atoms with Crippen molar-refractivity contribution in [3.05, 3.63) is 0 Å². The fraction of sp³-hybridized carbons (Fsp3) is 1.00. The van der Waals surface area contributed by atoms with E-state index in [0.29, 0.717) is 0 Å². The maximum Gasteiger partial charge on any atom is 0.0693 e. The Labute approximate surface area is 41.2 Å². The summed E-state index contributed by atoms with van der Waals surface area (Å²) in [5.74, 6) is 0. The van der Waals surface area contributed by atoms with E-state index in [0.717, 1.165) is 0 Å². The molecular weight excluding hydrogens is 68.0 g/mol. The number of ether oxygens (including phenoxy) is 1. The smallest absolute Gasteiger partial charge is 0.0693 e. The number of hydrogen-bond donors (Lipinski definition) is 1. The van der Waals surface area contributed by atoms with Crippen LogP contribution in [0.1, 0.15) is 9.60 Å². The molecule has 0 saturated carbocycles. The number of rotatable bonds is 2. The molecule has 0 heterocycles. The van der Waals surface area contributed by atoms with Crippen LogP contribution in [0, 0.1) is 0 Å². The van der Waals surface area contributed by atoms with Gasteiger partial charge in [-0.3, -0.25) is 0 Å². The highest BCUT2D eigenvalue weighted by Gasteiger charge is 1.67. The SMILES string of the molecule is [2H]C([2H])([2H])OC([2H])([2H])C([2H])([2H])O. The fourth-order valence-electron chi connectivity index (χ4n) is 0.0228. The molecule has 32 valence electrons. The second kappa shape index (κ2) is 3.92. The van der Waals surface area contributed by atoms with Gasteiger partial charge in [0.25, 0.3) is 0 Å². The summed E-state index contributed by atoms with van der Waals surface area (Å²) in [5, 5.41) is 8.49. The first-order valence-electron chi connectivity index (χ1n) is 4.38. The summed E-state index contributed by atoms with van der Waals surface area (Å²) in [6, 6.07) is 0. The van der Waals surface area contributed by atoms with Crippen molar-refractivity contribution in [2.24, 2.45) is 0 Å². The van der Waals surface area contributed by atoms with Crippen LogP contribution in [0.25, 0.3) is 0 Å². The Hall–Kier alpha value is -0.0800. The van der Waals surface area contributed by atoms with Gasteiger partial charge in [-0.05, 0) is 0 Å². The van der Waals surface area contributed by atoms with Gasteiger partial charge in [0.05, 0.1) is 22.7 Å². The first-order chi connectivity index (χ1) is 4.96. The average Bonchev–Trinajstić information content (AvgIpc) is 1.52. The molecule has 0 spiro atoms. The zero-order valence-electron chi connectivity index (χ0n) is 9.36. The predicted molar refractivity (Wildman–Crippen MR) is 19.0 cm³/mol. The summed E-state index contributed by atoms with van der Waals surface area (Å²) in [7, 11) is -3.08. The van der Waals surface area contributed by atoms with Crippen LogP contribution in [-0.4, -0.2) is 25.3 Å². The molecule has 2 nitrogen and oxygen atoms in total. The molecule has 0 aromatic rings. The minimum atomic E-state index is -3.35. The van der Waals surface area contributed by atoms with Crippen LogP contribution in [-0.2, 0) is 4.74 Å². The van der Waals surface area contributed by atoms with Crippen molar-refractivity contribution >= 4 is 0 Å². The van der Waals surface area contributed by atoms with Crippen molar-refractivity contribution in [2.75, 3.05) is 20.2 Å². The van der Waals surface area contributed by atoms with Crippen LogP contribution < -0.4 is 0 Å². The zero-order valence-corrected chi connectivity index (χ0v) is 2.36. The van der Waals surface area contributed by atoms with Gasteiger partial charge in [0.15, 0.2) is 0 Å². The van der Waals surface area contributed by atoms with Gasteiger partial charge >= 0.3 is 0 Å². The molecule has 0 unspecified atom stereocenters. The van der Waals surface area contributed by atoms with E-state index >= 15 is 0 Å². The van der Waals surface area contributed by atoms with Gasteiger partial charge in [-0.15, -0.1) is 0 Å². The lowest BCUT2D eigenvalue weighted by Gasteiger charge is -1.84. The van der Waals surface area contributed by atoms with Crippen LogP contribution in [0.5, 0.6) is 0 Å². The molecule has 0 aliphatic heterocycles. The molecule has 0 fully saturated rings. The lowest BCUT2D eigenvalue weighted by Crippen LogP contribution is -1.91. The van der Waals surface area contributed by atoms with E-state index in [4.69, 9.17) is 14.7 Å². The molecule has 0 aliphatic carbocycles.